The maximum atomic E-state index is 5.83. The van der Waals surface area contributed by atoms with E-state index < -0.39 is 0 Å². The van der Waals surface area contributed by atoms with Crippen molar-refractivity contribution >= 4 is 21.6 Å². The highest BCUT2D eigenvalue weighted by Gasteiger charge is 2.15. The van der Waals surface area contributed by atoms with Gasteiger partial charge in [-0.25, -0.2) is 0 Å². The Morgan fingerprint density at radius 2 is 2.00 bits per heavy atom. The van der Waals surface area contributed by atoms with E-state index in [2.05, 4.69) is 46.8 Å². The van der Waals surface area contributed by atoms with Gasteiger partial charge in [0.05, 0.1) is 6.61 Å². The van der Waals surface area contributed by atoms with Crippen LogP contribution in [0, 0.1) is 0 Å². The molecule has 0 heterocycles. The van der Waals surface area contributed by atoms with Gasteiger partial charge in [0, 0.05) is 36.4 Å². The fourth-order valence-electron chi connectivity index (χ4n) is 2.31. The van der Waals surface area contributed by atoms with Crippen molar-refractivity contribution in [2.24, 2.45) is 0 Å². The summed E-state index contributed by atoms with van der Waals surface area (Å²) in [4.78, 5) is 2.49. The van der Waals surface area contributed by atoms with Gasteiger partial charge in [-0.1, -0.05) is 19.9 Å². The van der Waals surface area contributed by atoms with Gasteiger partial charge in [0.2, 0.25) is 0 Å². The molecule has 19 heavy (non-hydrogen) atoms. The SMILES string of the molecule is CCC(CC)N(CCOC)Cc1ccc(N)c(Br)c1. The molecule has 3 nitrogen and oxygen atoms in total. The first-order valence-corrected chi connectivity index (χ1v) is 7.68. The lowest BCUT2D eigenvalue weighted by atomic mass is 10.1. The number of nitrogen functional groups attached to an aromatic ring is 1. The van der Waals surface area contributed by atoms with E-state index in [-0.39, 0.29) is 0 Å². The van der Waals surface area contributed by atoms with Crippen molar-refractivity contribution in [3.63, 3.8) is 0 Å². The van der Waals surface area contributed by atoms with Crippen LogP contribution in [-0.4, -0.2) is 31.2 Å². The Balaban J connectivity index is 2.77. The number of methoxy groups -OCH3 is 1. The van der Waals surface area contributed by atoms with E-state index in [0.717, 1.165) is 42.7 Å². The predicted molar refractivity (Wildman–Crippen MR) is 85.2 cm³/mol. The molecule has 0 spiro atoms. The maximum absolute atomic E-state index is 5.83. The second-order valence-corrected chi connectivity index (χ2v) is 5.64. The summed E-state index contributed by atoms with van der Waals surface area (Å²) in [7, 11) is 1.75. The highest BCUT2D eigenvalue weighted by atomic mass is 79.9. The van der Waals surface area contributed by atoms with Crippen molar-refractivity contribution in [1.82, 2.24) is 4.90 Å². The zero-order valence-corrected chi connectivity index (χ0v) is 13.7. The normalized spacial score (nSPS) is 11.5. The number of ether oxygens (including phenoxy) is 1. The molecule has 108 valence electrons. The smallest absolute Gasteiger partial charge is 0.0589 e. The first kappa shape index (κ1) is 16.5. The third-order valence-corrected chi connectivity index (χ3v) is 4.18. The first-order chi connectivity index (χ1) is 9.12. The van der Waals surface area contributed by atoms with Crippen LogP contribution in [0.2, 0.25) is 0 Å². The van der Waals surface area contributed by atoms with Gasteiger partial charge in [-0.2, -0.15) is 0 Å². The molecule has 0 aliphatic rings. The first-order valence-electron chi connectivity index (χ1n) is 6.89. The second kappa shape index (κ2) is 8.56. The van der Waals surface area contributed by atoms with E-state index >= 15 is 0 Å². The fraction of sp³-hybridized carbons (Fsp3) is 0.600. The average molecular weight is 329 g/mol. The van der Waals surface area contributed by atoms with Crippen LogP contribution >= 0.6 is 15.9 Å². The number of halogens is 1. The number of hydrogen-bond donors (Lipinski definition) is 1. The zero-order chi connectivity index (χ0) is 14.3. The Hall–Kier alpha value is -0.580. The summed E-state index contributed by atoms with van der Waals surface area (Å²) >= 11 is 3.49. The van der Waals surface area contributed by atoms with Gasteiger partial charge in [-0.05, 0) is 46.5 Å². The molecule has 0 radical (unpaired) electrons. The van der Waals surface area contributed by atoms with E-state index in [1.807, 2.05) is 6.07 Å². The monoisotopic (exact) mass is 328 g/mol. The molecule has 0 aromatic heterocycles. The molecule has 0 saturated heterocycles. The minimum atomic E-state index is 0.603. The van der Waals surface area contributed by atoms with Crippen LogP contribution in [0.3, 0.4) is 0 Å². The number of anilines is 1. The lowest BCUT2D eigenvalue weighted by molar-refractivity contribution is 0.110. The van der Waals surface area contributed by atoms with Crippen molar-refractivity contribution in [2.75, 3.05) is 26.0 Å². The van der Waals surface area contributed by atoms with Crippen LogP contribution in [0.25, 0.3) is 0 Å². The number of benzene rings is 1. The van der Waals surface area contributed by atoms with E-state index in [4.69, 9.17) is 10.5 Å². The molecule has 0 atom stereocenters. The molecule has 0 fully saturated rings. The van der Waals surface area contributed by atoms with E-state index in [9.17, 15) is 0 Å². The quantitative estimate of drug-likeness (QED) is 0.740. The van der Waals surface area contributed by atoms with Gasteiger partial charge < -0.3 is 10.5 Å². The van der Waals surface area contributed by atoms with Crippen molar-refractivity contribution in [3.8, 4) is 0 Å². The lowest BCUT2D eigenvalue weighted by Gasteiger charge is -2.30. The predicted octanol–water partition coefficient (Wildman–Crippen LogP) is 3.67. The summed E-state index contributed by atoms with van der Waals surface area (Å²) in [6, 6.07) is 6.77. The molecular formula is C15H25BrN2O. The molecular weight excluding hydrogens is 304 g/mol. The molecule has 0 unspecified atom stereocenters. The van der Waals surface area contributed by atoms with Crippen LogP contribution < -0.4 is 5.73 Å². The number of rotatable bonds is 8. The van der Waals surface area contributed by atoms with Crippen LogP contribution in [0.15, 0.2) is 22.7 Å². The Bertz CT molecular complexity index is 380. The molecule has 0 amide bonds. The summed E-state index contributed by atoms with van der Waals surface area (Å²) in [6.45, 7) is 7.16. The third kappa shape index (κ3) is 5.13. The Morgan fingerprint density at radius 3 is 2.53 bits per heavy atom. The minimum absolute atomic E-state index is 0.603. The Kier molecular flexibility index (Phi) is 7.42. The topological polar surface area (TPSA) is 38.5 Å². The summed E-state index contributed by atoms with van der Waals surface area (Å²) in [5.74, 6) is 0. The summed E-state index contributed by atoms with van der Waals surface area (Å²) in [5.41, 5.74) is 7.90. The standard InChI is InChI=1S/C15H25BrN2O/c1-4-13(5-2)18(8-9-19-3)11-12-6-7-15(17)14(16)10-12/h6-7,10,13H,4-5,8-9,11,17H2,1-3H3. The number of nitrogens with two attached hydrogens (primary N) is 1. The van der Waals surface area contributed by atoms with Gasteiger partial charge in [0.1, 0.15) is 0 Å². The van der Waals surface area contributed by atoms with E-state index in [1.165, 1.54) is 5.56 Å². The van der Waals surface area contributed by atoms with E-state index in [0.29, 0.717) is 6.04 Å². The molecule has 0 aliphatic carbocycles. The van der Waals surface area contributed by atoms with Crippen LogP contribution in [-0.2, 0) is 11.3 Å². The van der Waals surface area contributed by atoms with Gasteiger partial charge >= 0.3 is 0 Å². The fourth-order valence-corrected chi connectivity index (χ4v) is 2.73. The molecule has 2 N–H and O–H groups in total. The van der Waals surface area contributed by atoms with Crippen LogP contribution in [0.4, 0.5) is 5.69 Å². The van der Waals surface area contributed by atoms with Gasteiger partial charge in [-0.3, -0.25) is 4.90 Å². The Labute approximate surface area is 125 Å². The number of nitrogens with zero attached hydrogens (tertiary/aromatic N) is 1. The molecule has 1 aromatic rings. The summed E-state index contributed by atoms with van der Waals surface area (Å²) < 4.78 is 6.19. The lowest BCUT2D eigenvalue weighted by Crippen LogP contribution is -2.36. The number of hydrogen-bond acceptors (Lipinski definition) is 3. The van der Waals surface area contributed by atoms with Gasteiger partial charge in [-0.15, -0.1) is 0 Å². The van der Waals surface area contributed by atoms with E-state index in [1.54, 1.807) is 7.11 Å². The minimum Gasteiger partial charge on any atom is -0.398 e. The highest BCUT2D eigenvalue weighted by Crippen LogP contribution is 2.22. The van der Waals surface area contributed by atoms with Gasteiger partial charge in [0.25, 0.3) is 0 Å². The largest absolute Gasteiger partial charge is 0.398 e. The second-order valence-electron chi connectivity index (χ2n) is 4.79. The van der Waals surface area contributed by atoms with Crippen molar-refractivity contribution < 1.29 is 4.74 Å². The van der Waals surface area contributed by atoms with Crippen LogP contribution in [0.5, 0.6) is 0 Å². The molecule has 0 bridgehead atoms. The van der Waals surface area contributed by atoms with Gasteiger partial charge in [0.15, 0.2) is 0 Å². The zero-order valence-electron chi connectivity index (χ0n) is 12.2. The Morgan fingerprint density at radius 1 is 1.32 bits per heavy atom. The molecule has 4 heteroatoms. The molecule has 1 rings (SSSR count). The third-order valence-electron chi connectivity index (χ3n) is 3.49. The molecule has 0 aliphatic heterocycles. The summed E-state index contributed by atoms with van der Waals surface area (Å²) in [5, 5.41) is 0. The average Bonchev–Trinajstić information content (AvgIpc) is 2.41. The van der Waals surface area contributed by atoms with Crippen molar-refractivity contribution in [2.45, 2.75) is 39.3 Å². The maximum Gasteiger partial charge on any atom is 0.0589 e. The van der Waals surface area contributed by atoms with Crippen molar-refractivity contribution in [1.29, 1.82) is 0 Å². The molecule has 0 saturated carbocycles. The van der Waals surface area contributed by atoms with Crippen LogP contribution in [0.1, 0.15) is 32.3 Å². The van der Waals surface area contributed by atoms with Crippen molar-refractivity contribution in [3.05, 3.63) is 28.2 Å². The molecule has 1 aromatic carbocycles. The highest BCUT2D eigenvalue weighted by molar-refractivity contribution is 9.10. The summed E-state index contributed by atoms with van der Waals surface area (Å²) in [6.07, 6.45) is 2.33.